The summed E-state index contributed by atoms with van der Waals surface area (Å²) in [5, 5.41) is 10.1. The average Bonchev–Trinajstić information content (AvgIpc) is 3.22. The number of rotatable bonds is 0. The Balaban J connectivity index is 1.49. The van der Waals surface area contributed by atoms with Crippen LogP contribution in [0, 0.1) is 34.5 Å². The van der Waals surface area contributed by atoms with E-state index in [1.54, 1.807) is 0 Å². The van der Waals surface area contributed by atoms with Gasteiger partial charge in [0, 0.05) is 11.3 Å². The van der Waals surface area contributed by atoms with Crippen LogP contribution in [0.5, 0.6) is 0 Å². The molecule has 1 saturated heterocycles. The molecule has 0 amide bonds. The number of aliphatic hydroxyl groups excluding tert-OH is 1. The van der Waals surface area contributed by atoms with Gasteiger partial charge in [0.05, 0.1) is 12.2 Å². The quantitative estimate of drug-likeness (QED) is 0.700. The van der Waals surface area contributed by atoms with E-state index in [0.29, 0.717) is 29.0 Å². The van der Waals surface area contributed by atoms with Crippen LogP contribution in [0.25, 0.3) is 0 Å². The number of epoxide rings is 1. The first-order valence-corrected chi connectivity index (χ1v) is 9.33. The van der Waals surface area contributed by atoms with Gasteiger partial charge >= 0.3 is 0 Å². The first kappa shape index (κ1) is 14.0. The molecule has 3 heteroatoms. The molecular formula is C19H28O3. The average molecular weight is 304 g/mol. The summed E-state index contributed by atoms with van der Waals surface area (Å²) in [5.74, 6) is 3.00. The predicted octanol–water partition coefficient (Wildman–Crippen LogP) is 2.95. The summed E-state index contributed by atoms with van der Waals surface area (Å²) in [6, 6.07) is 0. The van der Waals surface area contributed by atoms with Crippen LogP contribution < -0.4 is 0 Å². The Morgan fingerprint density at radius 3 is 2.77 bits per heavy atom. The molecular weight excluding hydrogens is 276 g/mol. The molecule has 0 aromatic carbocycles. The van der Waals surface area contributed by atoms with Crippen molar-refractivity contribution >= 4 is 5.78 Å². The lowest BCUT2D eigenvalue weighted by Crippen LogP contribution is -2.55. The Labute approximate surface area is 132 Å². The summed E-state index contributed by atoms with van der Waals surface area (Å²) < 4.78 is 5.75. The Morgan fingerprint density at radius 2 is 1.95 bits per heavy atom. The zero-order chi connectivity index (χ0) is 15.3. The Hall–Kier alpha value is -0.410. The third-order valence-electron chi connectivity index (χ3n) is 8.59. The molecule has 0 unspecified atom stereocenters. The smallest absolute Gasteiger partial charge is 0.170 e. The van der Waals surface area contributed by atoms with E-state index < -0.39 is 0 Å². The third kappa shape index (κ3) is 1.53. The molecule has 1 aliphatic heterocycles. The monoisotopic (exact) mass is 304 g/mol. The number of carbonyl (C=O) groups is 1. The minimum Gasteiger partial charge on any atom is -0.393 e. The summed E-state index contributed by atoms with van der Waals surface area (Å²) in [4.78, 5) is 12.6. The number of hydrogen-bond acceptors (Lipinski definition) is 3. The van der Waals surface area contributed by atoms with Crippen molar-refractivity contribution in [1.82, 2.24) is 0 Å². The van der Waals surface area contributed by atoms with Gasteiger partial charge in [-0.3, -0.25) is 4.79 Å². The maximum absolute atomic E-state index is 12.6. The zero-order valence-corrected chi connectivity index (χ0v) is 13.8. The predicted molar refractivity (Wildman–Crippen MR) is 82.2 cm³/mol. The lowest BCUT2D eigenvalue weighted by Gasteiger charge is -2.60. The molecule has 0 bridgehead atoms. The van der Waals surface area contributed by atoms with Gasteiger partial charge in [-0.05, 0) is 68.1 Å². The van der Waals surface area contributed by atoms with E-state index in [9.17, 15) is 9.90 Å². The second-order valence-corrected chi connectivity index (χ2v) is 9.35. The van der Waals surface area contributed by atoms with Gasteiger partial charge in [0.2, 0.25) is 0 Å². The van der Waals surface area contributed by atoms with Crippen LogP contribution in [0.3, 0.4) is 0 Å². The van der Waals surface area contributed by atoms with Crippen LogP contribution in [0.4, 0.5) is 0 Å². The van der Waals surface area contributed by atoms with Crippen molar-refractivity contribution < 1.29 is 14.6 Å². The van der Waals surface area contributed by atoms with Gasteiger partial charge in [-0.1, -0.05) is 13.8 Å². The van der Waals surface area contributed by atoms with Crippen LogP contribution in [-0.4, -0.2) is 29.2 Å². The van der Waals surface area contributed by atoms with Gasteiger partial charge in [-0.2, -0.15) is 0 Å². The highest BCUT2D eigenvalue weighted by Crippen LogP contribution is 2.68. The van der Waals surface area contributed by atoms with Crippen LogP contribution in [0.15, 0.2) is 0 Å². The molecule has 0 radical (unpaired) electrons. The minimum atomic E-state index is -0.0911. The van der Waals surface area contributed by atoms with Crippen molar-refractivity contribution in [2.75, 3.05) is 0 Å². The molecule has 9 atom stereocenters. The number of aliphatic hydroxyl groups is 1. The van der Waals surface area contributed by atoms with E-state index in [2.05, 4.69) is 13.8 Å². The molecule has 3 nitrogen and oxygen atoms in total. The van der Waals surface area contributed by atoms with Gasteiger partial charge in [-0.15, -0.1) is 0 Å². The normalized spacial score (nSPS) is 62.7. The van der Waals surface area contributed by atoms with E-state index in [-0.39, 0.29) is 23.7 Å². The fraction of sp³-hybridized carbons (Fsp3) is 0.947. The van der Waals surface area contributed by atoms with E-state index in [4.69, 9.17) is 4.74 Å². The molecule has 1 N–H and O–H groups in total. The maximum Gasteiger partial charge on any atom is 0.170 e. The first-order valence-electron chi connectivity index (χ1n) is 9.33. The zero-order valence-electron chi connectivity index (χ0n) is 13.8. The summed E-state index contributed by atoms with van der Waals surface area (Å²) in [7, 11) is 0. The molecule has 0 spiro atoms. The Kier molecular flexibility index (Phi) is 2.64. The molecule has 4 aliphatic carbocycles. The van der Waals surface area contributed by atoms with Crippen LogP contribution in [0.1, 0.15) is 58.8 Å². The number of fused-ring (bicyclic) bond motifs is 7. The van der Waals surface area contributed by atoms with Crippen molar-refractivity contribution in [2.24, 2.45) is 34.5 Å². The van der Waals surface area contributed by atoms with E-state index in [1.165, 1.54) is 25.7 Å². The van der Waals surface area contributed by atoms with Crippen molar-refractivity contribution in [3.8, 4) is 0 Å². The highest BCUT2D eigenvalue weighted by atomic mass is 16.6. The summed E-state index contributed by atoms with van der Waals surface area (Å²) in [6.45, 7) is 4.72. The molecule has 22 heavy (non-hydrogen) atoms. The lowest BCUT2D eigenvalue weighted by atomic mass is 9.45. The van der Waals surface area contributed by atoms with Crippen LogP contribution in [-0.2, 0) is 9.53 Å². The molecule has 5 fully saturated rings. The fourth-order valence-electron chi connectivity index (χ4n) is 7.31. The number of Topliss-reactive ketones (excluding diaryl/α,β-unsaturated/α-hetero) is 1. The maximum atomic E-state index is 12.6. The largest absolute Gasteiger partial charge is 0.393 e. The number of ketones is 1. The fourth-order valence-corrected chi connectivity index (χ4v) is 7.31. The standard InChI is InChI=1S/C19H28O3/c1-18-7-5-11(20)9-10(18)3-4-12-13(18)6-8-19(2)14(12)15-16(22-15)17(19)21/h10-16,20H,3-9H2,1-2H3/t10-,11-,12+,13-,14+,15-,16-,18-,19-/m0/s1. The molecule has 0 aromatic heterocycles. The summed E-state index contributed by atoms with van der Waals surface area (Å²) >= 11 is 0. The lowest BCUT2D eigenvalue weighted by molar-refractivity contribution is -0.152. The molecule has 0 aromatic rings. The highest BCUT2D eigenvalue weighted by molar-refractivity contribution is 5.94. The Bertz CT molecular complexity index is 531. The van der Waals surface area contributed by atoms with Gasteiger partial charge in [0.1, 0.15) is 6.10 Å². The molecule has 5 aliphatic rings. The van der Waals surface area contributed by atoms with Crippen molar-refractivity contribution in [3.63, 3.8) is 0 Å². The number of ether oxygens (including phenoxy) is 1. The van der Waals surface area contributed by atoms with Crippen LogP contribution in [0.2, 0.25) is 0 Å². The van der Waals surface area contributed by atoms with E-state index in [1.807, 2.05) is 0 Å². The van der Waals surface area contributed by atoms with Crippen molar-refractivity contribution in [3.05, 3.63) is 0 Å². The molecule has 5 rings (SSSR count). The van der Waals surface area contributed by atoms with Crippen molar-refractivity contribution in [1.29, 1.82) is 0 Å². The summed E-state index contributed by atoms with van der Waals surface area (Å²) in [5.41, 5.74) is 0.297. The number of hydrogen-bond donors (Lipinski definition) is 1. The third-order valence-corrected chi connectivity index (χ3v) is 8.59. The van der Waals surface area contributed by atoms with Gasteiger partial charge in [0.15, 0.2) is 5.78 Å². The number of carbonyl (C=O) groups excluding carboxylic acids is 1. The van der Waals surface area contributed by atoms with Crippen LogP contribution >= 0.6 is 0 Å². The topological polar surface area (TPSA) is 49.8 Å². The van der Waals surface area contributed by atoms with Gasteiger partial charge < -0.3 is 9.84 Å². The second kappa shape index (κ2) is 4.16. The SMILES string of the molecule is C[C@]12CC[C@H](O)C[C@@H]1CC[C@H]1[C@@H]3[C@@H]4O[C@@H]4C(=O)[C@@]3(C)CC[C@@H]12. The van der Waals surface area contributed by atoms with E-state index in [0.717, 1.165) is 25.2 Å². The van der Waals surface area contributed by atoms with Crippen molar-refractivity contribution in [2.45, 2.75) is 77.1 Å². The minimum absolute atomic E-state index is 0.0487. The van der Waals surface area contributed by atoms with E-state index >= 15 is 0 Å². The van der Waals surface area contributed by atoms with Gasteiger partial charge in [-0.25, -0.2) is 0 Å². The Morgan fingerprint density at radius 1 is 1.14 bits per heavy atom. The highest BCUT2D eigenvalue weighted by Gasteiger charge is 2.72. The second-order valence-electron chi connectivity index (χ2n) is 9.35. The summed E-state index contributed by atoms with van der Waals surface area (Å²) in [6.07, 6.45) is 8.05. The molecule has 4 saturated carbocycles. The molecule has 1 heterocycles. The first-order chi connectivity index (χ1) is 10.4. The van der Waals surface area contributed by atoms with Gasteiger partial charge in [0.25, 0.3) is 0 Å². The molecule has 122 valence electrons.